The summed E-state index contributed by atoms with van der Waals surface area (Å²) in [7, 11) is 0. The van der Waals surface area contributed by atoms with Gasteiger partial charge in [0.15, 0.2) is 5.78 Å². The summed E-state index contributed by atoms with van der Waals surface area (Å²) in [5.74, 6) is -0.790. The average molecular weight is 312 g/mol. The van der Waals surface area contributed by atoms with Crippen molar-refractivity contribution in [1.82, 2.24) is 0 Å². The lowest BCUT2D eigenvalue weighted by molar-refractivity contribution is -0.148. The Morgan fingerprint density at radius 1 is 0.826 bits per heavy atom. The van der Waals surface area contributed by atoms with Gasteiger partial charge in [-0.25, -0.2) is 0 Å². The van der Waals surface area contributed by atoms with E-state index in [-0.39, 0.29) is 25.4 Å². The van der Waals surface area contributed by atoms with Crippen molar-refractivity contribution in [2.75, 3.05) is 13.2 Å². The molecular weight excluding hydrogens is 292 g/mol. The second kappa shape index (κ2) is 9.54. The Hall–Kier alpha value is -2.46. The van der Waals surface area contributed by atoms with Gasteiger partial charge in [0.05, 0.1) is 6.61 Å². The van der Waals surface area contributed by atoms with Gasteiger partial charge in [0.1, 0.15) is 19.6 Å². The van der Waals surface area contributed by atoms with E-state index >= 15 is 0 Å². The molecule has 0 amide bonds. The van der Waals surface area contributed by atoms with Gasteiger partial charge in [-0.2, -0.15) is 0 Å². The van der Waals surface area contributed by atoms with Crippen LogP contribution in [0.1, 0.15) is 17.5 Å². The minimum absolute atomic E-state index is 0.0622. The Labute approximate surface area is 136 Å². The SMILES string of the molecule is O=C(COCCc1ccccc1)CC(=O)OCc1ccccc1. The highest BCUT2D eigenvalue weighted by atomic mass is 16.5. The first-order chi connectivity index (χ1) is 11.2. The minimum Gasteiger partial charge on any atom is -0.460 e. The molecule has 4 nitrogen and oxygen atoms in total. The third kappa shape index (κ3) is 6.89. The molecule has 0 fully saturated rings. The Balaban J connectivity index is 1.58. The van der Waals surface area contributed by atoms with Gasteiger partial charge in [-0.05, 0) is 17.5 Å². The highest BCUT2D eigenvalue weighted by Crippen LogP contribution is 2.03. The summed E-state index contributed by atoms with van der Waals surface area (Å²) in [4.78, 5) is 23.2. The lowest BCUT2D eigenvalue weighted by Gasteiger charge is -2.06. The van der Waals surface area contributed by atoms with Gasteiger partial charge < -0.3 is 9.47 Å². The second-order valence-electron chi connectivity index (χ2n) is 5.15. The van der Waals surface area contributed by atoms with Gasteiger partial charge in [-0.1, -0.05) is 60.7 Å². The van der Waals surface area contributed by atoms with Gasteiger partial charge in [0, 0.05) is 0 Å². The van der Waals surface area contributed by atoms with Gasteiger partial charge in [-0.15, -0.1) is 0 Å². The van der Waals surface area contributed by atoms with Gasteiger partial charge in [-0.3, -0.25) is 9.59 Å². The van der Waals surface area contributed by atoms with E-state index in [9.17, 15) is 9.59 Å². The maximum absolute atomic E-state index is 11.7. The summed E-state index contributed by atoms with van der Waals surface area (Å²) in [5.41, 5.74) is 2.05. The van der Waals surface area contributed by atoms with Crippen LogP contribution in [-0.4, -0.2) is 25.0 Å². The zero-order valence-corrected chi connectivity index (χ0v) is 12.9. The fraction of sp³-hybridized carbons (Fsp3) is 0.263. The summed E-state index contributed by atoms with van der Waals surface area (Å²) in [6, 6.07) is 19.2. The Morgan fingerprint density at radius 3 is 2.09 bits per heavy atom. The topological polar surface area (TPSA) is 52.6 Å². The maximum atomic E-state index is 11.7. The minimum atomic E-state index is -0.523. The standard InChI is InChI=1S/C19H20O4/c20-18(15-22-12-11-16-7-3-1-4-8-16)13-19(21)23-14-17-9-5-2-6-10-17/h1-10H,11-15H2. The van der Waals surface area contributed by atoms with Crippen molar-refractivity contribution in [2.45, 2.75) is 19.4 Å². The molecule has 4 heteroatoms. The fourth-order valence-electron chi connectivity index (χ4n) is 2.02. The monoisotopic (exact) mass is 312 g/mol. The van der Waals surface area contributed by atoms with E-state index in [0.717, 1.165) is 17.5 Å². The Morgan fingerprint density at radius 2 is 1.43 bits per heavy atom. The third-order valence-electron chi connectivity index (χ3n) is 3.23. The van der Waals surface area contributed by atoms with E-state index in [1.807, 2.05) is 60.7 Å². The first-order valence-corrected chi connectivity index (χ1v) is 7.57. The number of rotatable bonds is 9. The van der Waals surface area contributed by atoms with E-state index in [1.165, 1.54) is 0 Å². The quantitative estimate of drug-likeness (QED) is 0.406. The van der Waals surface area contributed by atoms with Crippen LogP contribution >= 0.6 is 0 Å². The number of Topliss-reactive ketones (excluding diaryl/α,β-unsaturated/α-hetero) is 1. The molecule has 0 heterocycles. The van der Waals surface area contributed by atoms with Crippen molar-refractivity contribution in [3.8, 4) is 0 Å². The molecule has 0 saturated heterocycles. The first-order valence-electron chi connectivity index (χ1n) is 7.57. The lowest BCUT2D eigenvalue weighted by Crippen LogP contribution is -2.16. The fourth-order valence-corrected chi connectivity index (χ4v) is 2.02. The van der Waals surface area contributed by atoms with Crippen molar-refractivity contribution in [1.29, 1.82) is 0 Å². The molecule has 0 unspecified atom stereocenters. The van der Waals surface area contributed by atoms with Gasteiger partial charge in [0.25, 0.3) is 0 Å². The predicted molar refractivity (Wildman–Crippen MR) is 86.8 cm³/mol. The van der Waals surface area contributed by atoms with Gasteiger partial charge >= 0.3 is 5.97 Å². The van der Waals surface area contributed by atoms with E-state index in [1.54, 1.807) is 0 Å². The van der Waals surface area contributed by atoms with Gasteiger partial charge in [0.2, 0.25) is 0 Å². The van der Waals surface area contributed by atoms with Crippen molar-refractivity contribution in [3.05, 3.63) is 71.8 Å². The molecule has 0 aromatic heterocycles. The molecule has 0 N–H and O–H groups in total. The van der Waals surface area contributed by atoms with Crippen LogP contribution in [0, 0.1) is 0 Å². The van der Waals surface area contributed by atoms with Crippen LogP contribution in [0.15, 0.2) is 60.7 Å². The number of carbonyl (C=O) groups excluding carboxylic acids is 2. The van der Waals surface area contributed by atoms with Crippen LogP contribution in [0.25, 0.3) is 0 Å². The summed E-state index contributed by atoms with van der Waals surface area (Å²) >= 11 is 0. The van der Waals surface area contributed by atoms with Crippen molar-refractivity contribution >= 4 is 11.8 Å². The molecule has 0 aliphatic carbocycles. The summed E-state index contributed by atoms with van der Waals surface area (Å²) in [6.07, 6.45) is 0.491. The number of carbonyl (C=O) groups is 2. The largest absolute Gasteiger partial charge is 0.460 e. The van der Waals surface area contributed by atoms with E-state index < -0.39 is 5.97 Å². The molecule has 0 atom stereocenters. The normalized spacial score (nSPS) is 10.3. The Bertz CT molecular complexity index is 608. The molecule has 0 aliphatic rings. The van der Waals surface area contributed by atoms with E-state index in [2.05, 4.69) is 0 Å². The van der Waals surface area contributed by atoms with Crippen LogP contribution < -0.4 is 0 Å². The molecule has 0 spiro atoms. The number of ketones is 1. The van der Waals surface area contributed by atoms with Crippen LogP contribution in [-0.2, 0) is 32.1 Å². The molecule has 2 rings (SSSR count). The summed E-state index contributed by atoms with van der Waals surface area (Å²) in [5, 5.41) is 0. The molecule has 0 saturated carbocycles. The summed E-state index contributed by atoms with van der Waals surface area (Å²) < 4.78 is 10.4. The lowest BCUT2D eigenvalue weighted by atomic mass is 10.2. The molecule has 120 valence electrons. The van der Waals surface area contributed by atoms with Crippen molar-refractivity contribution in [2.24, 2.45) is 0 Å². The molecule has 0 aliphatic heterocycles. The molecule has 2 aromatic carbocycles. The first kappa shape index (κ1) is 16.9. The van der Waals surface area contributed by atoms with Crippen LogP contribution in [0.5, 0.6) is 0 Å². The molecule has 2 aromatic rings. The molecule has 0 bridgehead atoms. The predicted octanol–water partition coefficient (Wildman–Crippen LogP) is 2.95. The average Bonchev–Trinajstić information content (AvgIpc) is 2.59. The van der Waals surface area contributed by atoms with Crippen LogP contribution in [0.2, 0.25) is 0 Å². The maximum Gasteiger partial charge on any atom is 0.313 e. The third-order valence-corrected chi connectivity index (χ3v) is 3.23. The van der Waals surface area contributed by atoms with E-state index in [0.29, 0.717) is 6.61 Å². The number of benzene rings is 2. The number of ether oxygens (including phenoxy) is 2. The highest BCUT2D eigenvalue weighted by molar-refractivity contribution is 5.96. The number of esters is 1. The second-order valence-corrected chi connectivity index (χ2v) is 5.15. The smallest absolute Gasteiger partial charge is 0.313 e. The number of hydrogen-bond acceptors (Lipinski definition) is 4. The summed E-state index contributed by atoms with van der Waals surface area (Å²) in [6.45, 7) is 0.573. The highest BCUT2D eigenvalue weighted by Gasteiger charge is 2.11. The zero-order valence-electron chi connectivity index (χ0n) is 12.9. The number of hydrogen-bond donors (Lipinski definition) is 0. The van der Waals surface area contributed by atoms with Crippen LogP contribution in [0.4, 0.5) is 0 Å². The zero-order chi connectivity index (χ0) is 16.3. The van der Waals surface area contributed by atoms with E-state index in [4.69, 9.17) is 9.47 Å². The Kier molecular flexibility index (Phi) is 7.01. The van der Waals surface area contributed by atoms with Crippen LogP contribution in [0.3, 0.4) is 0 Å². The molecule has 23 heavy (non-hydrogen) atoms. The molecular formula is C19H20O4. The van der Waals surface area contributed by atoms with Crippen molar-refractivity contribution < 1.29 is 19.1 Å². The molecule has 0 radical (unpaired) electrons. The van der Waals surface area contributed by atoms with Crippen molar-refractivity contribution in [3.63, 3.8) is 0 Å².